The fraction of sp³-hybridized carbons (Fsp3) is 0.385. The van der Waals surface area contributed by atoms with Crippen molar-refractivity contribution >= 4 is 0 Å². The molecule has 0 N–H and O–H groups in total. The van der Waals surface area contributed by atoms with Gasteiger partial charge in [-0.2, -0.15) is 0 Å². The summed E-state index contributed by atoms with van der Waals surface area (Å²) < 4.78 is 5.37. The van der Waals surface area contributed by atoms with Gasteiger partial charge in [-0.15, -0.1) is 0 Å². The van der Waals surface area contributed by atoms with E-state index in [2.05, 4.69) is 19.1 Å². The maximum absolute atomic E-state index is 5.37. The van der Waals surface area contributed by atoms with Crippen LogP contribution in [0.25, 0.3) is 0 Å². The minimum Gasteiger partial charge on any atom is -0.465 e. The molecular formula is C13H17O. The molecule has 1 aromatic carbocycles. The van der Waals surface area contributed by atoms with Crippen LogP contribution in [0.5, 0.6) is 5.75 Å². The molecule has 1 rings (SSSR count). The molecule has 0 spiro atoms. The lowest BCUT2D eigenvalue weighted by atomic mass is 10.2. The number of ether oxygens (including phenoxy) is 1. The van der Waals surface area contributed by atoms with Gasteiger partial charge in [0.2, 0.25) is 0 Å². The summed E-state index contributed by atoms with van der Waals surface area (Å²) >= 11 is 0. The molecule has 0 atom stereocenters. The second-order valence-corrected chi connectivity index (χ2v) is 3.22. The molecule has 0 aliphatic carbocycles. The molecule has 0 aromatic heterocycles. The number of unbranched alkanes of at least 4 members (excludes halogenated alkanes) is 3. The SMILES string of the molecule is CCCCC/C=C/Oc1c[c]ccc1. The second kappa shape index (κ2) is 7.19. The van der Waals surface area contributed by atoms with E-state index in [1.165, 1.54) is 19.3 Å². The summed E-state index contributed by atoms with van der Waals surface area (Å²) in [7, 11) is 0. The van der Waals surface area contributed by atoms with Crippen LogP contribution in [0.1, 0.15) is 32.6 Å². The molecule has 0 aliphatic heterocycles. The number of allylic oxidation sites excluding steroid dienone is 1. The molecule has 0 saturated carbocycles. The summed E-state index contributed by atoms with van der Waals surface area (Å²) in [6.45, 7) is 2.21. The highest BCUT2D eigenvalue weighted by Crippen LogP contribution is 2.08. The largest absolute Gasteiger partial charge is 0.465 e. The lowest BCUT2D eigenvalue weighted by Gasteiger charge is -1.97. The molecule has 0 amide bonds. The van der Waals surface area contributed by atoms with Crippen molar-refractivity contribution in [2.75, 3.05) is 0 Å². The zero-order chi connectivity index (χ0) is 10.1. The van der Waals surface area contributed by atoms with Crippen LogP contribution in [-0.2, 0) is 0 Å². The summed E-state index contributed by atoms with van der Waals surface area (Å²) in [5, 5.41) is 0. The Morgan fingerprint density at radius 3 is 3.07 bits per heavy atom. The number of rotatable bonds is 6. The average molecular weight is 189 g/mol. The van der Waals surface area contributed by atoms with Crippen molar-refractivity contribution in [3.63, 3.8) is 0 Å². The molecule has 0 aliphatic rings. The highest BCUT2D eigenvalue weighted by Gasteiger charge is 1.86. The molecule has 1 heteroatoms. The third-order valence-electron chi connectivity index (χ3n) is 1.95. The lowest BCUT2D eigenvalue weighted by molar-refractivity contribution is 0.477. The van der Waals surface area contributed by atoms with Crippen molar-refractivity contribution in [1.82, 2.24) is 0 Å². The molecule has 1 nitrogen and oxygen atoms in total. The normalized spacial score (nSPS) is 10.6. The molecule has 1 radical (unpaired) electrons. The zero-order valence-electron chi connectivity index (χ0n) is 8.70. The molecule has 14 heavy (non-hydrogen) atoms. The monoisotopic (exact) mass is 189 g/mol. The van der Waals surface area contributed by atoms with Gasteiger partial charge in [-0.05, 0) is 37.1 Å². The summed E-state index contributed by atoms with van der Waals surface area (Å²) in [5.74, 6) is 0.847. The third-order valence-corrected chi connectivity index (χ3v) is 1.95. The van der Waals surface area contributed by atoms with E-state index in [-0.39, 0.29) is 0 Å². The maximum Gasteiger partial charge on any atom is 0.127 e. The average Bonchev–Trinajstić information content (AvgIpc) is 2.25. The van der Waals surface area contributed by atoms with Crippen LogP contribution in [0, 0.1) is 6.07 Å². The first-order valence-electron chi connectivity index (χ1n) is 5.21. The molecular weight excluding hydrogens is 172 g/mol. The zero-order valence-corrected chi connectivity index (χ0v) is 8.70. The molecule has 0 bridgehead atoms. The number of hydrogen-bond donors (Lipinski definition) is 0. The van der Waals surface area contributed by atoms with Gasteiger partial charge >= 0.3 is 0 Å². The predicted octanol–water partition coefficient (Wildman–Crippen LogP) is 3.96. The van der Waals surface area contributed by atoms with Crippen LogP contribution in [0.3, 0.4) is 0 Å². The van der Waals surface area contributed by atoms with Crippen LogP contribution >= 0.6 is 0 Å². The maximum atomic E-state index is 5.37. The smallest absolute Gasteiger partial charge is 0.127 e. The summed E-state index contributed by atoms with van der Waals surface area (Å²) in [6.07, 6.45) is 8.74. The highest BCUT2D eigenvalue weighted by molar-refractivity contribution is 5.20. The summed E-state index contributed by atoms with van der Waals surface area (Å²) in [5.41, 5.74) is 0. The van der Waals surface area contributed by atoms with Crippen molar-refractivity contribution in [3.8, 4) is 5.75 Å². The fourth-order valence-corrected chi connectivity index (χ4v) is 1.16. The molecule has 0 unspecified atom stereocenters. The Morgan fingerprint density at radius 2 is 2.36 bits per heavy atom. The van der Waals surface area contributed by atoms with E-state index in [0.717, 1.165) is 12.2 Å². The van der Waals surface area contributed by atoms with E-state index in [4.69, 9.17) is 4.74 Å². The van der Waals surface area contributed by atoms with E-state index in [1.807, 2.05) is 24.3 Å². The fourth-order valence-electron chi connectivity index (χ4n) is 1.16. The minimum atomic E-state index is 0.847. The second-order valence-electron chi connectivity index (χ2n) is 3.22. The van der Waals surface area contributed by atoms with Gasteiger partial charge in [0, 0.05) is 0 Å². The van der Waals surface area contributed by atoms with Gasteiger partial charge in [-0.1, -0.05) is 31.9 Å². The van der Waals surface area contributed by atoms with Gasteiger partial charge in [0.1, 0.15) is 5.75 Å². The summed E-state index contributed by atoms with van der Waals surface area (Å²) in [6, 6.07) is 10.5. The minimum absolute atomic E-state index is 0.847. The third kappa shape index (κ3) is 4.70. The van der Waals surface area contributed by atoms with Crippen molar-refractivity contribution in [2.24, 2.45) is 0 Å². The van der Waals surface area contributed by atoms with Gasteiger partial charge in [-0.25, -0.2) is 0 Å². The number of benzene rings is 1. The van der Waals surface area contributed by atoms with E-state index in [1.54, 1.807) is 6.26 Å². The molecule has 1 aromatic rings. The first-order valence-corrected chi connectivity index (χ1v) is 5.21. The molecule has 0 heterocycles. The van der Waals surface area contributed by atoms with Gasteiger partial charge < -0.3 is 4.74 Å². The Hall–Kier alpha value is -1.24. The van der Waals surface area contributed by atoms with Crippen LogP contribution < -0.4 is 4.74 Å². The van der Waals surface area contributed by atoms with Crippen molar-refractivity contribution in [2.45, 2.75) is 32.6 Å². The quantitative estimate of drug-likeness (QED) is 0.486. The first kappa shape index (κ1) is 10.8. The van der Waals surface area contributed by atoms with E-state index < -0.39 is 0 Å². The van der Waals surface area contributed by atoms with Crippen LogP contribution in [0.4, 0.5) is 0 Å². The van der Waals surface area contributed by atoms with Crippen LogP contribution in [0.2, 0.25) is 0 Å². The Morgan fingerprint density at radius 1 is 1.43 bits per heavy atom. The van der Waals surface area contributed by atoms with Gasteiger partial charge in [0.25, 0.3) is 0 Å². The Labute approximate surface area is 86.4 Å². The van der Waals surface area contributed by atoms with Crippen LogP contribution in [-0.4, -0.2) is 0 Å². The van der Waals surface area contributed by atoms with Crippen LogP contribution in [0.15, 0.2) is 36.6 Å². The van der Waals surface area contributed by atoms with E-state index in [9.17, 15) is 0 Å². The number of hydrogen-bond acceptors (Lipinski definition) is 1. The Bertz CT molecular complexity index is 251. The Balaban J connectivity index is 2.14. The van der Waals surface area contributed by atoms with Gasteiger partial charge in [0.15, 0.2) is 0 Å². The molecule has 0 saturated heterocycles. The van der Waals surface area contributed by atoms with Crippen molar-refractivity contribution < 1.29 is 4.74 Å². The highest BCUT2D eigenvalue weighted by atomic mass is 16.5. The standard InChI is InChI=1S/C13H17O/c1-2-3-4-5-9-12-14-13-10-7-6-8-11-13/h6-7,9-12H,2-5H2,1H3/b12-9+. The Kier molecular flexibility index (Phi) is 5.57. The van der Waals surface area contributed by atoms with Gasteiger partial charge in [0.05, 0.1) is 6.26 Å². The molecule has 75 valence electrons. The topological polar surface area (TPSA) is 9.23 Å². The van der Waals surface area contributed by atoms with Crippen molar-refractivity contribution in [3.05, 3.63) is 42.7 Å². The van der Waals surface area contributed by atoms with E-state index >= 15 is 0 Å². The summed E-state index contributed by atoms with van der Waals surface area (Å²) in [4.78, 5) is 0. The first-order chi connectivity index (χ1) is 6.93. The van der Waals surface area contributed by atoms with E-state index in [0.29, 0.717) is 0 Å². The lowest BCUT2D eigenvalue weighted by Crippen LogP contribution is -1.80. The molecule has 0 fully saturated rings. The van der Waals surface area contributed by atoms with Crippen molar-refractivity contribution in [1.29, 1.82) is 0 Å². The van der Waals surface area contributed by atoms with Gasteiger partial charge in [-0.3, -0.25) is 0 Å². The predicted molar refractivity (Wildman–Crippen MR) is 59.2 cm³/mol.